The third-order valence-corrected chi connectivity index (χ3v) is 35.3. The van der Waals surface area contributed by atoms with Crippen molar-refractivity contribution >= 4 is 19.1 Å². The smallest absolute Gasteiger partial charge is 1.00 e. The zero-order chi connectivity index (χ0) is 27.1. The molecule has 212 valence electrons. The van der Waals surface area contributed by atoms with Crippen molar-refractivity contribution in [2.75, 3.05) is 0 Å². The van der Waals surface area contributed by atoms with Crippen LogP contribution in [-0.4, -0.2) is 6.94 Å². The largest absolute Gasteiger partial charge is 1.00 e. The number of allylic oxidation sites excluding steroid dienone is 2. The standard InChI is InChI=1S/2C18H15.2CH3.2ClH.Hf.H2Si/c2*1-2-5-14(6-3-1)17-8-4-7-15-11-16(12-18(15)17)13-9-10-13;;;;;;/h2*1-8,11-13H,9-10H2;2*1H3;2*1H;;1H2/q;;;;;;+2;/p-2. The average molecular weight is 772 g/mol. The second-order valence-corrected chi connectivity index (χ2v) is 57.5. The maximum absolute atomic E-state index is 3.73. The summed E-state index contributed by atoms with van der Waals surface area (Å²) in [6, 6.07) is 36.6. The van der Waals surface area contributed by atoms with E-state index in [9.17, 15) is 0 Å². The minimum atomic E-state index is -3.73. The van der Waals surface area contributed by atoms with Crippen LogP contribution >= 0.6 is 0 Å². The fourth-order valence-electron chi connectivity index (χ4n) is 8.41. The Morgan fingerprint density at radius 1 is 0.524 bits per heavy atom. The fraction of sp³-hybridized carbons (Fsp3) is 0.263. The Bertz CT molecular complexity index is 1660. The van der Waals surface area contributed by atoms with E-state index < -0.39 is 17.1 Å². The molecule has 4 heteroatoms. The van der Waals surface area contributed by atoms with Gasteiger partial charge in [-0.2, -0.15) is 0 Å². The van der Waals surface area contributed by atoms with E-state index in [4.69, 9.17) is 0 Å². The first-order valence-electron chi connectivity index (χ1n) is 15.3. The fourth-order valence-corrected chi connectivity index (χ4v) is 36.4. The van der Waals surface area contributed by atoms with Gasteiger partial charge in [0.1, 0.15) is 0 Å². The Balaban J connectivity index is 0.00000158. The Morgan fingerprint density at radius 3 is 1.26 bits per heavy atom. The van der Waals surface area contributed by atoms with E-state index in [1.807, 2.05) is 0 Å². The summed E-state index contributed by atoms with van der Waals surface area (Å²) in [7, 11) is 0. The number of rotatable bonds is 6. The minimum Gasteiger partial charge on any atom is -1.00 e. The molecule has 4 aliphatic carbocycles. The van der Waals surface area contributed by atoms with Gasteiger partial charge in [-0.25, -0.2) is 0 Å². The molecule has 0 heterocycles. The van der Waals surface area contributed by atoms with Crippen LogP contribution in [0.5, 0.6) is 0 Å². The van der Waals surface area contributed by atoms with Crippen molar-refractivity contribution in [2.24, 2.45) is 11.8 Å². The van der Waals surface area contributed by atoms with Crippen LogP contribution < -0.4 is 24.8 Å². The van der Waals surface area contributed by atoms with Gasteiger partial charge >= 0.3 is 243 Å². The maximum atomic E-state index is 2.84. The van der Waals surface area contributed by atoms with Crippen LogP contribution in [0.3, 0.4) is 0 Å². The number of halogens is 2. The molecule has 42 heavy (non-hydrogen) atoms. The summed E-state index contributed by atoms with van der Waals surface area (Å²) < 4.78 is 6.93. The second kappa shape index (κ2) is 10.9. The van der Waals surface area contributed by atoms with E-state index in [0.29, 0.717) is 7.35 Å². The van der Waals surface area contributed by atoms with E-state index in [0.717, 1.165) is 11.8 Å². The molecule has 0 amide bonds. The summed E-state index contributed by atoms with van der Waals surface area (Å²) in [5, 5.41) is 0. The predicted molar refractivity (Wildman–Crippen MR) is 171 cm³/mol. The third kappa shape index (κ3) is 4.82. The van der Waals surface area contributed by atoms with Crippen LogP contribution in [0.25, 0.3) is 34.4 Å². The van der Waals surface area contributed by atoms with E-state index in [1.165, 1.54) is 59.1 Å². The van der Waals surface area contributed by atoms with Crippen LogP contribution in [0.4, 0.5) is 0 Å². The molecule has 0 radical (unpaired) electrons. The first-order chi connectivity index (χ1) is 19.4. The summed E-state index contributed by atoms with van der Waals surface area (Å²) in [6.07, 6.45) is 10.8. The Labute approximate surface area is 266 Å². The van der Waals surface area contributed by atoms with Crippen molar-refractivity contribution in [3.8, 4) is 22.3 Å². The molecule has 0 bridgehead atoms. The van der Waals surface area contributed by atoms with E-state index in [2.05, 4.69) is 126 Å². The number of hydrogen-bond acceptors (Lipinski definition) is 0. The molecule has 4 aromatic carbocycles. The Kier molecular flexibility index (Phi) is 7.79. The average Bonchev–Trinajstić information content (AvgIpc) is 3.91. The monoisotopic (exact) mass is 772 g/mol. The second-order valence-electron chi connectivity index (χ2n) is 14.0. The number of benzene rings is 4. The normalized spacial score (nSPS) is 20.3. The number of hydrogen-bond donors (Lipinski definition) is 0. The molecule has 8 rings (SSSR count). The molecule has 4 aliphatic rings. The SMILES string of the molecule is [CH3][Hf+2]([CH3])(=[SiH2])([CH]1C(C2CC2)=Cc2c(-c3ccccc3)cccc21)[CH]1C(C2CC2)=Cc2c(-c3ccccc3)cccc21.[Cl-].[Cl-]. The summed E-state index contributed by atoms with van der Waals surface area (Å²) in [6.45, 7) is 2.53. The van der Waals surface area contributed by atoms with Crippen LogP contribution in [0.2, 0.25) is 9.36 Å². The topological polar surface area (TPSA) is 0 Å². The quantitative estimate of drug-likeness (QED) is 0.263. The molecular weight excluding hydrogens is 734 g/mol. The van der Waals surface area contributed by atoms with E-state index in [-0.39, 0.29) is 24.8 Å². The molecular formula is C38H38Cl2HfSi. The van der Waals surface area contributed by atoms with Crippen LogP contribution in [0.1, 0.15) is 55.3 Å². The summed E-state index contributed by atoms with van der Waals surface area (Å²) in [5.41, 5.74) is 15.4. The molecule has 2 saturated carbocycles. The van der Waals surface area contributed by atoms with Crippen molar-refractivity contribution < 1.29 is 41.9 Å². The molecule has 2 unspecified atom stereocenters. The van der Waals surface area contributed by atoms with Gasteiger partial charge in [-0.3, -0.25) is 0 Å². The van der Waals surface area contributed by atoms with Crippen molar-refractivity contribution in [2.45, 2.75) is 42.4 Å². The molecule has 0 saturated heterocycles. The van der Waals surface area contributed by atoms with Crippen molar-refractivity contribution in [3.63, 3.8) is 0 Å². The van der Waals surface area contributed by atoms with E-state index >= 15 is 0 Å². The van der Waals surface area contributed by atoms with Gasteiger partial charge in [-0.05, 0) is 0 Å². The molecule has 0 N–H and O–H groups in total. The van der Waals surface area contributed by atoms with Crippen molar-refractivity contribution in [1.29, 1.82) is 0 Å². The molecule has 0 aromatic heterocycles. The minimum absolute atomic E-state index is 0. The van der Waals surface area contributed by atoms with Gasteiger partial charge in [-0.15, -0.1) is 0 Å². The summed E-state index contributed by atoms with van der Waals surface area (Å²) >= 11 is -3.73. The van der Waals surface area contributed by atoms with Gasteiger partial charge in [0.05, 0.1) is 0 Å². The van der Waals surface area contributed by atoms with Gasteiger partial charge in [0.15, 0.2) is 0 Å². The molecule has 0 aliphatic heterocycles. The van der Waals surface area contributed by atoms with Crippen LogP contribution in [0, 0.1) is 11.8 Å². The van der Waals surface area contributed by atoms with Gasteiger partial charge in [0, 0.05) is 0 Å². The van der Waals surface area contributed by atoms with Crippen molar-refractivity contribution in [3.05, 3.63) is 130 Å². The predicted octanol–water partition coefficient (Wildman–Crippen LogP) is 3.76. The molecule has 2 fully saturated rings. The van der Waals surface area contributed by atoms with E-state index in [1.54, 1.807) is 22.3 Å². The first-order valence-corrected chi connectivity index (χ1v) is 34.9. The van der Waals surface area contributed by atoms with Gasteiger partial charge in [-0.1, -0.05) is 0 Å². The van der Waals surface area contributed by atoms with Crippen LogP contribution in [-0.2, 0) is 17.1 Å². The zero-order valence-corrected chi connectivity index (χ0v) is 31.0. The van der Waals surface area contributed by atoms with Gasteiger partial charge in [0.2, 0.25) is 0 Å². The van der Waals surface area contributed by atoms with Crippen LogP contribution in [0.15, 0.2) is 108 Å². The molecule has 2 atom stereocenters. The zero-order valence-electron chi connectivity index (χ0n) is 24.5. The Morgan fingerprint density at radius 2 is 0.905 bits per heavy atom. The third-order valence-electron chi connectivity index (χ3n) is 10.4. The van der Waals surface area contributed by atoms with Crippen molar-refractivity contribution in [1.82, 2.24) is 0 Å². The van der Waals surface area contributed by atoms with Gasteiger partial charge < -0.3 is 24.8 Å². The Hall–Kier alpha value is -1.97. The number of fused-ring (bicyclic) bond motifs is 2. The summed E-state index contributed by atoms with van der Waals surface area (Å²) in [4.78, 5) is 0. The molecule has 0 spiro atoms. The molecule has 0 nitrogen and oxygen atoms in total. The first kappa shape index (κ1) is 30.1. The molecule has 4 aromatic rings. The van der Waals surface area contributed by atoms with Gasteiger partial charge in [0.25, 0.3) is 0 Å². The maximum Gasteiger partial charge on any atom is -1.00 e. The summed E-state index contributed by atoms with van der Waals surface area (Å²) in [5.74, 6) is 1.57.